The molecule has 1 aromatic heterocycles. The van der Waals surface area contributed by atoms with E-state index in [1.165, 1.54) is 6.92 Å². The van der Waals surface area contributed by atoms with Crippen molar-refractivity contribution in [1.29, 1.82) is 0 Å². The number of rotatable bonds is 4. The molecule has 3 aromatic rings. The maximum Gasteiger partial charge on any atom is 0.236 e. The summed E-state index contributed by atoms with van der Waals surface area (Å²) in [6.07, 6.45) is 0. The third-order valence-electron chi connectivity index (χ3n) is 5.20. The molecule has 0 atom stereocenters. The van der Waals surface area contributed by atoms with Gasteiger partial charge < -0.3 is 14.2 Å². The number of nitrogens with zero attached hydrogens (tertiary/aromatic N) is 3. The Morgan fingerprint density at radius 2 is 1.60 bits per heavy atom. The summed E-state index contributed by atoms with van der Waals surface area (Å²) in [6, 6.07) is 15.9. The Hall–Kier alpha value is -3.13. The van der Waals surface area contributed by atoms with Crippen molar-refractivity contribution >= 4 is 21.6 Å². The first-order valence-corrected chi connectivity index (χ1v) is 11.2. The zero-order chi connectivity index (χ0) is 21.3. The number of carbonyl (C=O) groups is 1. The fourth-order valence-electron chi connectivity index (χ4n) is 3.43. The number of benzene rings is 2. The number of aromatic nitrogens is 1. The number of carbonyl (C=O) groups excluding carboxylic acids is 1. The van der Waals surface area contributed by atoms with Crippen LogP contribution in [-0.4, -0.2) is 50.4 Å². The Bertz CT molecular complexity index is 1150. The summed E-state index contributed by atoms with van der Waals surface area (Å²) in [5, 5.41) is -0.0959. The minimum absolute atomic E-state index is 0.00435. The first-order chi connectivity index (χ1) is 14.4. The van der Waals surface area contributed by atoms with Gasteiger partial charge in [-0.1, -0.05) is 35.9 Å². The molecule has 0 unspecified atom stereocenters. The van der Waals surface area contributed by atoms with E-state index in [1.54, 1.807) is 29.2 Å². The van der Waals surface area contributed by atoms with Crippen LogP contribution in [0.15, 0.2) is 68.9 Å². The van der Waals surface area contributed by atoms with Crippen molar-refractivity contribution in [3.05, 3.63) is 60.2 Å². The summed E-state index contributed by atoms with van der Waals surface area (Å²) in [4.78, 5) is 19.8. The Labute approximate surface area is 175 Å². The SMILES string of the molecule is CC(=O)N1CCN(c2oc(-c3ccccc3)nc2S(=O)(=O)c2ccc(C)cc2)CC1. The molecule has 0 spiro atoms. The van der Waals surface area contributed by atoms with Gasteiger partial charge in [0.2, 0.25) is 32.5 Å². The summed E-state index contributed by atoms with van der Waals surface area (Å²) >= 11 is 0. The standard InChI is InChI=1S/C22H23N3O4S/c1-16-8-10-19(11-9-16)30(27,28)21-22(25-14-12-24(13-15-25)17(2)26)29-20(23-21)18-6-4-3-5-7-18/h3-11H,12-15H2,1-2H3. The van der Waals surface area contributed by atoms with Crippen molar-refractivity contribution in [1.82, 2.24) is 9.88 Å². The van der Waals surface area contributed by atoms with Crippen LogP contribution in [0, 0.1) is 6.92 Å². The first kappa shape index (κ1) is 20.2. The molecule has 1 fully saturated rings. The van der Waals surface area contributed by atoms with Gasteiger partial charge in [-0.25, -0.2) is 8.42 Å². The van der Waals surface area contributed by atoms with E-state index < -0.39 is 9.84 Å². The number of anilines is 1. The Morgan fingerprint density at radius 3 is 2.20 bits per heavy atom. The molecule has 4 rings (SSSR count). The number of sulfone groups is 1. The minimum Gasteiger partial charge on any atom is -0.419 e. The molecule has 8 heteroatoms. The highest BCUT2D eigenvalue weighted by Gasteiger charge is 2.33. The molecule has 2 aromatic carbocycles. The molecule has 1 amide bonds. The molecule has 1 aliphatic heterocycles. The Balaban J connectivity index is 1.78. The molecule has 7 nitrogen and oxygen atoms in total. The summed E-state index contributed by atoms with van der Waals surface area (Å²) < 4.78 is 32.8. The van der Waals surface area contributed by atoms with Gasteiger partial charge in [0.15, 0.2) is 0 Å². The van der Waals surface area contributed by atoms with Crippen LogP contribution in [0.4, 0.5) is 5.88 Å². The largest absolute Gasteiger partial charge is 0.419 e. The maximum absolute atomic E-state index is 13.4. The Kier molecular flexibility index (Phi) is 5.34. The molecule has 0 aliphatic carbocycles. The van der Waals surface area contributed by atoms with E-state index in [-0.39, 0.29) is 27.6 Å². The van der Waals surface area contributed by atoms with Gasteiger partial charge >= 0.3 is 0 Å². The molecule has 30 heavy (non-hydrogen) atoms. The first-order valence-electron chi connectivity index (χ1n) is 9.75. The van der Waals surface area contributed by atoms with E-state index in [4.69, 9.17) is 4.42 Å². The highest BCUT2D eigenvalue weighted by molar-refractivity contribution is 7.91. The topological polar surface area (TPSA) is 83.7 Å². The van der Waals surface area contributed by atoms with Crippen LogP contribution >= 0.6 is 0 Å². The van der Waals surface area contributed by atoms with Crippen molar-refractivity contribution < 1.29 is 17.6 Å². The van der Waals surface area contributed by atoms with Gasteiger partial charge in [-0.15, -0.1) is 0 Å². The maximum atomic E-state index is 13.4. The number of oxazole rings is 1. The van der Waals surface area contributed by atoms with Gasteiger partial charge in [0.1, 0.15) is 0 Å². The fraction of sp³-hybridized carbons (Fsp3) is 0.273. The minimum atomic E-state index is -3.88. The van der Waals surface area contributed by atoms with Crippen molar-refractivity contribution in [3.8, 4) is 11.5 Å². The van der Waals surface area contributed by atoms with Gasteiger partial charge in [-0.05, 0) is 31.2 Å². The number of hydrogen-bond donors (Lipinski definition) is 0. The third kappa shape index (κ3) is 3.82. The van der Waals surface area contributed by atoms with Crippen molar-refractivity contribution in [2.45, 2.75) is 23.8 Å². The zero-order valence-electron chi connectivity index (χ0n) is 16.9. The fourth-order valence-corrected chi connectivity index (χ4v) is 4.75. The van der Waals surface area contributed by atoms with Crippen LogP contribution in [0.25, 0.3) is 11.5 Å². The molecular formula is C22H23N3O4S. The molecule has 1 aliphatic rings. The van der Waals surface area contributed by atoms with Crippen molar-refractivity contribution in [3.63, 3.8) is 0 Å². The van der Waals surface area contributed by atoms with Crippen LogP contribution < -0.4 is 4.90 Å². The van der Waals surface area contributed by atoms with Crippen molar-refractivity contribution in [2.24, 2.45) is 0 Å². The van der Waals surface area contributed by atoms with Crippen LogP contribution in [0.3, 0.4) is 0 Å². The van der Waals surface area contributed by atoms with E-state index in [0.29, 0.717) is 31.7 Å². The van der Waals surface area contributed by atoms with Crippen LogP contribution in [-0.2, 0) is 14.6 Å². The summed E-state index contributed by atoms with van der Waals surface area (Å²) in [7, 11) is -3.88. The highest BCUT2D eigenvalue weighted by atomic mass is 32.2. The lowest BCUT2D eigenvalue weighted by Gasteiger charge is -2.34. The number of piperazine rings is 1. The average Bonchev–Trinajstić information content (AvgIpc) is 3.21. The van der Waals surface area contributed by atoms with E-state index in [2.05, 4.69) is 4.98 Å². The number of hydrogen-bond acceptors (Lipinski definition) is 6. The van der Waals surface area contributed by atoms with Gasteiger partial charge in [0.25, 0.3) is 0 Å². The lowest BCUT2D eigenvalue weighted by molar-refractivity contribution is -0.129. The van der Waals surface area contributed by atoms with Gasteiger partial charge in [0, 0.05) is 38.7 Å². The summed E-state index contributed by atoms with van der Waals surface area (Å²) in [5.74, 6) is 0.479. The molecule has 0 radical (unpaired) electrons. The number of amides is 1. The third-order valence-corrected chi connectivity index (χ3v) is 6.87. The normalized spacial score (nSPS) is 14.7. The quantitative estimate of drug-likeness (QED) is 0.639. The van der Waals surface area contributed by atoms with Gasteiger partial charge in [0.05, 0.1) is 4.90 Å². The van der Waals surface area contributed by atoms with E-state index in [1.807, 2.05) is 42.2 Å². The second kappa shape index (κ2) is 7.95. The van der Waals surface area contributed by atoms with E-state index in [9.17, 15) is 13.2 Å². The second-order valence-corrected chi connectivity index (χ2v) is 9.17. The van der Waals surface area contributed by atoms with Gasteiger partial charge in [-0.2, -0.15) is 4.98 Å². The lowest BCUT2D eigenvalue weighted by atomic mass is 10.2. The molecule has 0 saturated carbocycles. The van der Waals surface area contributed by atoms with E-state index >= 15 is 0 Å². The lowest BCUT2D eigenvalue weighted by Crippen LogP contribution is -2.48. The molecule has 2 heterocycles. The summed E-state index contributed by atoms with van der Waals surface area (Å²) in [6.45, 7) is 5.38. The highest BCUT2D eigenvalue weighted by Crippen LogP contribution is 2.35. The molecule has 156 valence electrons. The average molecular weight is 426 g/mol. The molecular weight excluding hydrogens is 402 g/mol. The molecule has 0 bridgehead atoms. The van der Waals surface area contributed by atoms with Crippen LogP contribution in [0.2, 0.25) is 0 Å². The second-order valence-electron chi connectivity index (χ2n) is 7.30. The molecule has 1 saturated heterocycles. The van der Waals surface area contributed by atoms with Crippen LogP contribution in [0.1, 0.15) is 12.5 Å². The van der Waals surface area contributed by atoms with Gasteiger partial charge in [-0.3, -0.25) is 4.79 Å². The number of aryl methyl sites for hydroxylation is 1. The zero-order valence-corrected chi connectivity index (χ0v) is 17.7. The van der Waals surface area contributed by atoms with Crippen molar-refractivity contribution in [2.75, 3.05) is 31.1 Å². The smallest absolute Gasteiger partial charge is 0.236 e. The molecule has 0 N–H and O–H groups in total. The monoisotopic (exact) mass is 425 g/mol. The van der Waals surface area contributed by atoms with E-state index in [0.717, 1.165) is 5.56 Å². The summed E-state index contributed by atoms with van der Waals surface area (Å²) in [5.41, 5.74) is 1.67. The van der Waals surface area contributed by atoms with Crippen LogP contribution in [0.5, 0.6) is 0 Å². The Morgan fingerprint density at radius 1 is 0.967 bits per heavy atom. The predicted molar refractivity (Wildman–Crippen MR) is 113 cm³/mol. The predicted octanol–water partition coefficient (Wildman–Crippen LogP) is 3.15.